The van der Waals surface area contributed by atoms with Gasteiger partial charge in [-0.05, 0) is 48.2 Å². The number of carbonyl (C=O) groups excluding carboxylic acids is 2. The highest BCUT2D eigenvalue weighted by Gasteiger charge is 2.51. The predicted octanol–water partition coefficient (Wildman–Crippen LogP) is 7.88. The van der Waals surface area contributed by atoms with Crippen LogP contribution in [0.2, 0.25) is 15.1 Å². The fourth-order valence-electron chi connectivity index (χ4n) is 3.72. The van der Waals surface area contributed by atoms with Crippen LogP contribution >= 0.6 is 50.7 Å². The van der Waals surface area contributed by atoms with Gasteiger partial charge in [-0.3, -0.25) is 9.59 Å². The number of rotatable bonds is 10. The van der Waals surface area contributed by atoms with Crippen LogP contribution in [0.3, 0.4) is 0 Å². The van der Waals surface area contributed by atoms with E-state index in [1.165, 1.54) is 19.3 Å². The monoisotopic (exact) mass is 625 g/mol. The summed E-state index contributed by atoms with van der Waals surface area (Å²) in [5.74, 6) is -2.38. The first-order valence-corrected chi connectivity index (χ1v) is 12.8. The van der Waals surface area contributed by atoms with Crippen LogP contribution < -0.4 is 5.32 Å². The number of Topliss-reactive ketones (excluding diaryl/α,β-unsaturated/α-hetero) is 1. The molecule has 1 N–H and O–H groups in total. The van der Waals surface area contributed by atoms with Crippen LogP contribution in [0, 0.1) is 5.41 Å². The molecule has 0 bridgehead atoms. The number of allylic oxidation sites excluding steroid dienone is 1. The maximum Gasteiger partial charge on any atom is 0.399 e. The topological polar surface area (TPSA) is 55.4 Å². The zero-order valence-electron chi connectivity index (χ0n) is 19.0. The van der Waals surface area contributed by atoms with E-state index in [-0.39, 0.29) is 38.7 Å². The van der Waals surface area contributed by atoms with E-state index < -0.39 is 17.5 Å². The Bertz CT molecular complexity index is 1160. The van der Waals surface area contributed by atoms with Crippen molar-refractivity contribution < 1.29 is 27.5 Å². The Hall–Kier alpha value is -1.58. The Morgan fingerprint density at radius 1 is 1.17 bits per heavy atom. The number of nitrogens with one attached hydrogen (secondary N) is 1. The van der Waals surface area contributed by atoms with E-state index in [0.29, 0.717) is 41.6 Å². The van der Waals surface area contributed by atoms with Gasteiger partial charge in [-0.2, -0.15) is 13.2 Å². The van der Waals surface area contributed by atoms with Crippen molar-refractivity contribution in [1.82, 2.24) is 5.32 Å². The average molecular weight is 628 g/mol. The summed E-state index contributed by atoms with van der Waals surface area (Å²) >= 11 is 21.1. The SMILES string of the molecule is COCCNC(=O)C1(CC(=O)c2ccc(/C=C/C(c3cc(Cl)c(Cl)c(Cl)c3)C(F)(F)F)cc2Br)CC1. The van der Waals surface area contributed by atoms with Crippen LogP contribution in [0.25, 0.3) is 6.08 Å². The van der Waals surface area contributed by atoms with E-state index in [1.807, 2.05) is 0 Å². The average Bonchev–Trinajstić information content (AvgIpc) is 3.57. The molecule has 1 amide bonds. The van der Waals surface area contributed by atoms with Crippen molar-refractivity contribution >= 4 is 68.5 Å². The zero-order chi connectivity index (χ0) is 26.7. The quantitative estimate of drug-likeness (QED) is 0.166. The molecule has 2 aromatic carbocycles. The largest absolute Gasteiger partial charge is 0.399 e. The number of ketones is 1. The molecule has 194 valence electrons. The highest BCUT2D eigenvalue weighted by Crippen LogP contribution is 2.50. The van der Waals surface area contributed by atoms with Crippen LogP contribution in [0.1, 0.15) is 46.7 Å². The lowest BCUT2D eigenvalue weighted by atomic mass is 9.93. The Morgan fingerprint density at radius 3 is 2.33 bits per heavy atom. The highest BCUT2D eigenvalue weighted by molar-refractivity contribution is 9.10. The summed E-state index contributed by atoms with van der Waals surface area (Å²) < 4.78 is 46.7. The zero-order valence-corrected chi connectivity index (χ0v) is 22.9. The van der Waals surface area contributed by atoms with Gasteiger partial charge in [-0.15, -0.1) is 0 Å². The first kappa shape index (κ1) is 29.0. The molecule has 3 rings (SSSR count). The summed E-state index contributed by atoms with van der Waals surface area (Å²) in [6.07, 6.45) is -1.02. The minimum atomic E-state index is -4.60. The summed E-state index contributed by atoms with van der Waals surface area (Å²) in [7, 11) is 1.53. The molecular weight excluding hydrogens is 606 g/mol. The van der Waals surface area contributed by atoms with E-state index in [2.05, 4.69) is 21.2 Å². The van der Waals surface area contributed by atoms with Crippen molar-refractivity contribution in [3.05, 3.63) is 72.6 Å². The van der Waals surface area contributed by atoms with Crippen LogP contribution in [0.4, 0.5) is 13.2 Å². The van der Waals surface area contributed by atoms with Crippen molar-refractivity contribution in [2.24, 2.45) is 5.41 Å². The number of carbonyl (C=O) groups is 2. The van der Waals surface area contributed by atoms with Gasteiger partial charge in [0.05, 0.1) is 33.0 Å². The third-order valence-electron chi connectivity index (χ3n) is 5.92. The van der Waals surface area contributed by atoms with Gasteiger partial charge in [0.25, 0.3) is 0 Å². The molecule has 0 radical (unpaired) electrons. The van der Waals surface area contributed by atoms with Crippen LogP contribution in [0.5, 0.6) is 0 Å². The Balaban J connectivity index is 1.76. The number of hydrogen-bond acceptors (Lipinski definition) is 3. The van der Waals surface area contributed by atoms with Gasteiger partial charge in [0.15, 0.2) is 5.78 Å². The Labute approximate surface area is 230 Å². The van der Waals surface area contributed by atoms with Crippen molar-refractivity contribution in [1.29, 1.82) is 0 Å². The molecule has 2 aromatic rings. The smallest absolute Gasteiger partial charge is 0.383 e. The Kier molecular flexibility index (Phi) is 9.55. The van der Waals surface area contributed by atoms with Crippen molar-refractivity contribution in [2.75, 3.05) is 20.3 Å². The number of halogens is 7. The first-order valence-electron chi connectivity index (χ1n) is 10.9. The van der Waals surface area contributed by atoms with Crippen LogP contribution in [0.15, 0.2) is 40.9 Å². The van der Waals surface area contributed by atoms with E-state index in [0.717, 1.165) is 18.2 Å². The van der Waals surface area contributed by atoms with Crippen molar-refractivity contribution in [3.63, 3.8) is 0 Å². The van der Waals surface area contributed by atoms with Gasteiger partial charge in [0.2, 0.25) is 5.91 Å². The third-order valence-corrected chi connectivity index (χ3v) is 7.77. The molecular formula is C25H22BrCl3F3NO3. The van der Waals surface area contributed by atoms with Crippen LogP contribution in [-0.2, 0) is 9.53 Å². The van der Waals surface area contributed by atoms with E-state index >= 15 is 0 Å². The minimum absolute atomic E-state index is 0.0170. The molecule has 1 fully saturated rings. The molecule has 0 aliphatic heterocycles. The number of amides is 1. The van der Waals surface area contributed by atoms with Gasteiger partial charge >= 0.3 is 6.18 Å². The molecule has 1 aliphatic carbocycles. The second-order valence-corrected chi connectivity index (χ2v) is 10.6. The second-order valence-electron chi connectivity index (χ2n) is 8.55. The van der Waals surface area contributed by atoms with Gasteiger partial charge < -0.3 is 10.1 Å². The highest BCUT2D eigenvalue weighted by atomic mass is 79.9. The molecule has 1 unspecified atom stereocenters. The molecule has 1 atom stereocenters. The molecule has 4 nitrogen and oxygen atoms in total. The minimum Gasteiger partial charge on any atom is -0.383 e. The number of hydrogen-bond donors (Lipinski definition) is 1. The molecule has 36 heavy (non-hydrogen) atoms. The lowest BCUT2D eigenvalue weighted by Crippen LogP contribution is -2.35. The summed E-state index contributed by atoms with van der Waals surface area (Å²) in [5, 5.41) is 2.61. The molecule has 1 aliphatic rings. The van der Waals surface area contributed by atoms with Gasteiger partial charge in [0, 0.05) is 30.1 Å². The number of alkyl halides is 3. The summed E-state index contributed by atoms with van der Waals surface area (Å²) in [6, 6.07) is 6.90. The maximum absolute atomic E-state index is 13.8. The maximum atomic E-state index is 13.8. The van der Waals surface area contributed by atoms with Crippen molar-refractivity contribution in [3.8, 4) is 0 Å². The standard InChI is InChI=1S/C25H22BrCl3F3NO3/c1-36-9-8-33-23(35)24(6-7-24)13-21(34)16-4-2-14(10-18(16)26)3-5-17(25(30,31)32)15-11-19(27)22(29)20(28)12-15/h2-5,10-12,17H,6-9,13H2,1H3,(H,33,35)/b5-3+. The number of ether oxygens (including phenoxy) is 1. The summed E-state index contributed by atoms with van der Waals surface area (Å²) in [5.41, 5.74) is -0.0734. The first-order chi connectivity index (χ1) is 16.9. The van der Waals surface area contributed by atoms with E-state index in [9.17, 15) is 22.8 Å². The fraction of sp³-hybridized carbons (Fsp3) is 0.360. The molecule has 0 aromatic heterocycles. The third kappa shape index (κ3) is 7.04. The van der Waals surface area contributed by atoms with Gasteiger partial charge in [0.1, 0.15) is 0 Å². The summed E-state index contributed by atoms with van der Waals surface area (Å²) in [4.78, 5) is 25.4. The summed E-state index contributed by atoms with van der Waals surface area (Å²) in [6.45, 7) is 0.743. The molecule has 0 spiro atoms. The number of methoxy groups -OCH3 is 1. The van der Waals surface area contributed by atoms with E-state index in [4.69, 9.17) is 39.5 Å². The second kappa shape index (κ2) is 11.9. The molecule has 0 saturated heterocycles. The van der Waals surface area contributed by atoms with Crippen molar-refractivity contribution in [2.45, 2.75) is 31.4 Å². The molecule has 1 saturated carbocycles. The van der Waals surface area contributed by atoms with Gasteiger partial charge in [-0.25, -0.2) is 0 Å². The Morgan fingerprint density at radius 2 is 1.81 bits per heavy atom. The molecule has 0 heterocycles. The van der Waals surface area contributed by atoms with Crippen LogP contribution in [-0.4, -0.2) is 38.1 Å². The fourth-order valence-corrected chi connectivity index (χ4v) is 4.95. The van der Waals surface area contributed by atoms with E-state index in [1.54, 1.807) is 12.1 Å². The lowest BCUT2D eigenvalue weighted by Gasteiger charge is -2.18. The number of benzene rings is 2. The molecule has 11 heteroatoms. The lowest BCUT2D eigenvalue weighted by molar-refractivity contribution is -0.139. The normalized spacial score (nSPS) is 15.7. The van der Waals surface area contributed by atoms with Gasteiger partial charge in [-0.1, -0.05) is 69.0 Å². The predicted molar refractivity (Wildman–Crippen MR) is 139 cm³/mol.